The molecule has 0 bridgehead atoms. The molecule has 14 heavy (non-hydrogen) atoms. The van der Waals surface area contributed by atoms with Crippen LogP contribution in [0.5, 0.6) is 0 Å². The van der Waals surface area contributed by atoms with E-state index in [1.165, 1.54) is 18.4 Å². The number of hydrogen-bond donors (Lipinski definition) is 1. The summed E-state index contributed by atoms with van der Waals surface area (Å²) in [6.45, 7) is 0. The number of hydrogen-bond acceptors (Lipinski definition) is 2. The Labute approximate surface area is 82.8 Å². The maximum absolute atomic E-state index is 4.54. The zero-order valence-electron chi connectivity index (χ0n) is 8.20. The van der Waals surface area contributed by atoms with Crippen molar-refractivity contribution in [1.29, 1.82) is 0 Å². The van der Waals surface area contributed by atoms with Crippen LogP contribution in [0.15, 0.2) is 24.3 Å². The van der Waals surface area contributed by atoms with Crippen molar-refractivity contribution in [2.24, 2.45) is 0 Å². The quantitative estimate of drug-likeness (QED) is 0.782. The van der Waals surface area contributed by atoms with Gasteiger partial charge in [0, 0.05) is 13.1 Å². The van der Waals surface area contributed by atoms with Crippen molar-refractivity contribution >= 4 is 17.0 Å². The molecule has 0 spiro atoms. The summed E-state index contributed by atoms with van der Waals surface area (Å²) in [7, 11) is 1.93. The van der Waals surface area contributed by atoms with Crippen LogP contribution in [0.1, 0.15) is 18.9 Å². The Morgan fingerprint density at radius 3 is 2.86 bits per heavy atom. The molecule has 2 aromatic rings. The first-order valence-corrected chi connectivity index (χ1v) is 5.05. The first-order chi connectivity index (χ1) is 6.90. The molecule has 0 atom stereocenters. The molecule has 1 fully saturated rings. The summed E-state index contributed by atoms with van der Waals surface area (Å²) in [6.07, 6.45) is 2.57. The molecule has 3 rings (SSSR count). The smallest absolute Gasteiger partial charge is 0.203 e. The Hall–Kier alpha value is -1.51. The Bertz CT molecular complexity index is 468. The fourth-order valence-corrected chi connectivity index (χ4v) is 1.92. The van der Waals surface area contributed by atoms with E-state index in [9.17, 15) is 0 Å². The average Bonchev–Trinajstić information content (AvgIpc) is 2.98. The van der Waals surface area contributed by atoms with E-state index >= 15 is 0 Å². The molecule has 0 aliphatic heterocycles. The van der Waals surface area contributed by atoms with Gasteiger partial charge in [0.05, 0.1) is 11.0 Å². The molecule has 0 saturated heterocycles. The Balaban J connectivity index is 2.29. The third-order valence-electron chi connectivity index (χ3n) is 2.73. The Morgan fingerprint density at radius 2 is 2.14 bits per heavy atom. The minimum absolute atomic E-state index is 0.671. The van der Waals surface area contributed by atoms with Crippen molar-refractivity contribution in [3.63, 3.8) is 0 Å². The van der Waals surface area contributed by atoms with Gasteiger partial charge in [-0.2, -0.15) is 0 Å². The molecule has 0 unspecified atom stereocenters. The molecule has 1 saturated carbocycles. The van der Waals surface area contributed by atoms with Crippen LogP contribution in [0.3, 0.4) is 0 Å². The van der Waals surface area contributed by atoms with Gasteiger partial charge in [-0.3, -0.25) is 0 Å². The lowest BCUT2D eigenvalue weighted by molar-refractivity contribution is 0.774. The van der Waals surface area contributed by atoms with Gasteiger partial charge in [0.25, 0.3) is 0 Å². The van der Waals surface area contributed by atoms with Crippen LogP contribution < -0.4 is 5.32 Å². The second kappa shape index (κ2) is 2.74. The number of imidazole rings is 1. The number of rotatable bonds is 2. The molecular formula is C11H13N3. The van der Waals surface area contributed by atoms with E-state index < -0.39 is 0 Å². The van der Waals surface area contributed by atoms with Crippen LogP contribution in [-0.4, -0.2) is 16.6 Å². The van der Waals surface area contributed by atoms with Crippen molar-refractivity contribution < 1.29 is 0 Å². The molecule has 3 heteroatoms. The molecule has 0 radical (unpaired) electrons. The summed E-state index contributed by atoms with van der Waals surface area (Å²) < 4.78 is 2.31. The molecular weight excluding hydrogens is 174 g/mol. The minimum atomic E-state index is 0.671. The lowest BCUT2D eigenvalue weighted by atomic mass is 10.3. The van der Waals surface area contributed by atoms with Gasteiger partial charge in [-0.15, -0.1) is 0 Å². The van der Waals surface area contributed by atoms with Crippen LogP contribution in [0, 0.1) is 0 Å². The van der Waals surface area contributed by atoms with Crippen LogP contribution in [0.2, 0.25) is 0 Å². The standard InChI is InChI=1S/C11H13N3/c1-12-11-13-9-4-2-3-5-10(9)14(11)8-6-7-8/h2-5,8H,6-7H2,1H3,(H,12,13). The molecule has 1 aromatic heterocycles. The fourth-order valence-electron chi connectivity index (χ4n) is 1.92. The van der Waals surface area contributed by atoms with Gasteiger partial charge in [-0.25, -0.2) is 4.98 Å². The minimum Gasteiger partial charge on any atom is -0.359 e. The Kier molecular flexibility index (Phi) is 1.54. The molecule has 1 aliphatic rings. The monoisotopic (exact) mass is 187 g/mol. The summed E-state index contributed by atoms with van der Waals surface area (Å²) in [5.41, 5.74) is 2.34. The molecule has 72 valence electrons. The van der Waals surface area contributed by atoms with Crippen LogP contribution >= 0.6 is 0 Å². The lowest BCUT2D eigenvalue weighted by Crippen LogP contribution is -2.01. The first kappa shape index (κ1) is 7.85. The third kappa shape index (κ3) is 1.02. The van der Waals surface area contributed by atoms with E-state index in [1.54, 1.807) is 0 Å². The Morgan fingerprint density at radius 1 is 1.36 bits per heavy atom. The van der Waals surface area contributed by atoms with Crippen LogP contribution in [0.4, 0.5) is 5.95 Å². The number of nitrogens with one attached hydrogen (secondary N) is 1. The third-order valence-corrected chi connectivity index (χ3v) is 2.73. The predicted molar refractivity (Wildman–Crippen MR) is 57.6 cm³/mol. The summed E-state index contributed by atoms with van der Waals surface area (Å²) in [4.78, 5) is 4.54. The second-order valence-electron chi connectivity index (χ2n) is 3.78. The number of fused-ring (bicyclic) bond motifs is 1. The maximum Gasteiger partial charge on any atom is 0.203 e. The fraction of sp³-hybridized carbons (Fsp3) is 0.364. The van der Waals surface area contributed by atoms with Crippen molar-refractivity contribution in [1.82, 2.24) is 9.55 Å². The zero-order valence-corrected chi connectivity index (χ0v) is 8.20. The average molecular weight is 187 g/mol. The predicted octanol–water partition coefficient (Wildman–Crippen LogP) is 2.41. The number of aromatic nitrogens is 2. The van der Waals surface area contributed by atoms with Gasteiger partial charge < -0.3 is 9.88 Å². The molecule has 1 heterocycles. The van der Waals surface area contributed by atoms with Gasteiger partial charge in [-0.1, -0.05) is 12.1 Å². The zero-order chi connectivity index (χ0) is 9.54. The number of anilines is 1. The highest BCUT2D eigenvalue weighted by molar-refractivity contribution is 5.78. The highest BCUT2D eigenvalue weighted by Gasteiger charge is 2.27. The van der Waals surface area contributed by atoms with E-state index in [4.69, 9.17) is 0 Å². The summed E-state index contributed by atoms with van der Waals surface area (Å²) in [5, 5.41) is 3.16. The van der Waals surface area contributed by atoms with Gasteiger partial charge in [0.1, 0.15) is 0 Å². The van der Waals surface area contributed by atoms with Gasteiger partial charge >= 0.3 is 0 Å². The SMILES string of the molecule is CNc1nc2ccccc2n1C1CC1. The second-order valence-corrected chi connectivity index (χ2v) is 3.78. The molecule has 3 nitrogen and oxygen atoms in total. The first-order valence-electron chi connectivity index (χ1n) is 5.05. The van der Waals surface area contributed by atoms with E-state index in [2.05, 4.69) is 33.1 Å². The van der Waals surface area contributed by atoms with Gasteiger partial charge in [0.2, 0.25) is 5.95 Å². The van der Waals surface area contributed by atoms with E-state index in [1.807, 2.05) is 13.1 Å². The maximum atomic E-state index is 4.54. The number of para-hydroxylation sites is 2. The van der Waals surface area contributed by atoms with E-state index in [0.29, 0.717) is 6.04 Å². The van der Waals surface area contributed by atoms with Crippen molar-refractivity contribution in [3.05, 3.63) is 24.3 Å². The number of benzene rings is 1. The molecule has 1 N–H and O–H groups in total. The van der Waals surface area contributed by atoms with Crippen LogP contribution in [0.25, 0.3) is 11.0 Å². The largest absolute Gasteiger partial charge is 0.359 e. The summed E-state index contributed by atoms with van der Waals surface area (Å²) in [5.74, 6) is 0.994. The topological polar surface area (TPSA) is 29.9 Å². The van der Waals surface area contributed by atoms with Crippen molar-refractivity contribution in [2.45, 2.75) is 18.9 Å². The highest BCUT2D eigenvalue weighted by atomic mass is 15.2. The van der Waals surface area contributed by atoms with Crippen molar-refractivity contribution in [3.8, 4) is 0 Å². The molecule has 0 amide bonds. The molecule has 1 aliphatic carbocycles. The lowest BCUT2D eigenvalue weighted by Gasteiger charge is -2.05. The normalized spacial score (nSPS) is 16.1. The van der Waals surface area contributed by atoms with Gasteiger partial charge in [0.15, 0.2) is 0 Å². The van der Waals surface area contributed by atoms with E-state index in [-0.39, 0.29) is 0 Å². The summed E-state index contributed by atoms with van der Waals surface area (Å²) >= 11 is 0. The highest BCUT2D eigenvalue weighted by Crippen LogP contribution is 2.39. The molecule has 1 aromatic carbocycles. The van der Waals surface area contributed by atoms with E-state index in [0.717, 1.165) is 11.5 Å². The van der Waals surface area contributed by atoms with Crippen molar-refractivity contribution in [2.75, 3.05) is 12.4 Å². The van der Waals surface area contributed by atoms with Crippen LogP contribution in [-0.2, 0) is 0 Å². The van der Waals surface area contributed by atoms with Gasteiger partial charge in [-0.05, 0) is 25.0 Å². The number of nitrogens with zero attached hydrogens (tertiary/aromatic N) is 2. The summed E-state index contributed by atoms with van der Waals surface area (Å²) in [6, 6.07) is 8.98.